The molecule has 0 heterocycles. The molecule has 0 saturated heterocycles. The van der Waals surface area contributed by atoms with Gasteiger partial charge in [0, 0.05) is 4.47 Å². The molecule has 0 aliphatic rings. The Labute approximate surface area is 142 Å². The van der Waals surface area contributed by atoms with E-state index in [9.17, 15) is 13.2 Å². The van der Waals surface area contributed by atoms with Crippen molar-refractivity contribution < 1.29 is 22.7 Å². The van der Waals surface area contributed by atoms with Crippen LogP contribution in [0.5, 0.6) is 5.75 Å². The fraction of sp³-hybridized carbons (Fsp3) is 0.133. The van der Waals surface area contributed by atoms with Crippen molar-refractivity contribution in [2.24, 2.45) is 5.14 Å². The molecule has 8 heteroatoms. The minimum absolute atomic E-state index is 0.00549. The Kier molecular flexibility index (Phi) is 5.75. The lowest BCUT2D eigenvalue weighted by Gasteiger charge is -2.08. The van der Waals surface area contributed by atoms with Crippen LogP contribution in [0.2, 0.25) is 0 Å². The summed E-state index contributed by atoms with van der Waals surface area (Å²) in [5, 5.41) is 5.00. The molecule has 0 unspecified atom stereocenters. The van der Waals surface area contributed by atoms with Crippen LogP contribution < -0.4 is 9.88 Å². The highest BCUT2D eigenvalue weighted by Crippen LogP contribution is 2.15. The fourth-order valence-electron chi connectivity index (χ4n) is 1.72. The first-order valence-corrected chi connectivity index (χ1v) is 8.88. The summed E-state index contributed by atoms with van der Waals surface area (Å²) < 4.78 is 33.5. The molecule has 2 N–H and O–H groups in total. The first-order valence-electron chi connectivity index (χ1n) is 6.54. The number of carbonyl (C=O) groups excluding carboxylic acids is 1. The van der Waals surface area contributed by atoms with Crippen molar-refractivity contribution in [3.63, 3.8) is 0 Å². The van der Waals surface area contributed by atoms with Crippen LogP contribution in [0, 0.1) is 0 Å². The van der Waals surface area contributed by atoms with E-state index in [-0.39, 0.29) is 18.1 Å². The molecule has 0 aliphatic heterocycles. The van der Waals surface area contributed by atoms with Gasteiger partial charge in [0.25, 0.3) is 0 Å². The van der Waals surface area contributed by atoms with Gasteiger partial charge in [-0.1, -0.05) is 22.0 Å². The van der Waals surface area contributed by atoms with Gasteiger partial charge in [0.1, 0.15) is 19.0 Å². The summed E-state index contributed by atoms with van der Waals surface area (Å²) in [6, 6.07) is 12.5. The normalized spacial score (nSPS) is 11.0. The average Bonchev–Trinajstić information content (AvgIpc) is 2.51. The molecule has 0 spiro atoms. The Morgan fingerprint density at radius 1 is 1.09 bits per heavy atom. The van der Waals surface area contributed by atoms with Crippen molar-refractivity contribution in [1.82, 2.24) is 0 Å². The van der Waals surface area contributed by atoms with E-state index in [0.29, 0.717) is 11.3 Å². The first kappa shape index (κ1) is 17.5. The number of benzene rings is 2. The number of esters is 1. The van der Waals surface area contributed by atoms with Crippen LogP contribution in [0.1, 0.15) is 10.4 Å². The van der Waals surface area contributed by atoms with Crippen molar-refractivity contribution in [2.45, 2.75) is 4.90 Å². The molecule has 2 aromatic rings. The summed E-state index contributed by atoms with van der Waals surface area (Å²) in [5.41, 5.74) is 0.442. The third kappa shape index (κ3) is 5.34. The molecule has 2 aromatic carbocycles. The second-order valence-corrected chi connectivity index (χ2v) is 6.99. The number of ether oxygens (including phenoxy) is 2. The lowest BCUT2D eigenvalue weighted by molar-refractivity contribution is 0.0450. The number of halogens is 1. The van der Waals surface area contributed by atoms with Gasteiger partial charge < -0.3 is 9.47 Å². The Hall–Kier alpha value is -1.90. The summed E-state index contributed by atoms with van der Waals surface area (Å²) in [5.74, 6) is 0.00961. The summed E-state index contributed by atoms with van der Waals surface area (Å²) in [6.45, 7) is 0.219. The van der Waals surface area contributed by atoms with Crippen molar-refractivity contribution in [3.8, 4) is 5.75 Å². The highest BCUT2D eigenvalue weighted by molar-refractivity contribution is 9.10. The molecule has 6 nitrogen and oxygen atoms in total. The number of hydrogen-bond donors (Lipinski definition) is 1. The molecule has 23 heavy (non-hydrogen) atoms. The number of nitrogens with two attached hydrogens (primary N) is 1. The monoisotopic (exact) mass is 399 g/mol. The summed E-state index contributed by atoms with van der Waals surface area (Å²) in [7, 11) is -3.72. The number of primary sulfonamides is 1. The molecule has 2 rings (SSSR count). The molecular formula is C15H14BrNO5S. The lowest BCUT2D eigenvalue weighted by Crippen LogP contribution is -2.13. The van der Waals surface area contributed by atoms with E-state index in [2.05, 4.69) is 15.9 Å². The van der Waals surface area contributed by atoms with Crippen LogP contribution >= 0.6 is 15.9 Å². The highest BCUT2D eigenvalue weighted by atomic mass is 79.9. The maximum absolute atomic E-state index is 11.8. The third-order valence-electron chi connectivity index (χ3n) is 2.80. The lowest BCUT2D eigenvalue weighted by atomic mass is 10.2. The van der Waals surface area contributed by atoms with E-state index in [0.717, 1.165) is 4.47 Å². The standard InChI is InChI=1S/C15H14BrNO5S/c16-12-3-1-2-11(10-12)15(18)22-9-8-21-13-4-6-14(7-5-13)23(17,19)20/h1-7,10H,8-9H2,(H2,17,19,20). The van der Waals surface area contributed by atoms with Crippen molar-refractivity contribution in [3.05, 3.63) is 58.6 Å². The second kappa shape index (κ2) is 7.58. The molecule has 0 bridgehead atoms. The highest BCUT2D eigenvalue weighted by Gasteiger charge is 2.08. The van der Waals surface area contributed by atoms with Gasteiger partial charge in [-0.15, -0.1) is 0 Å². The minimum atomic E-state index is -3.72. The van der Waals surface area contributed by atoms with Crippen LogP contribution in [-0.2, 0) is 14.8 Å². The molecule has 0 aliphatic carbocycles. The van der Waals surface area contributed by atoms with Gasteiger partial charge in [-0.25, -0.2) is 18.4 Å². The van der Waals surface area contributed by atoms with Crippen LogP contribution in [0.15, 0.2) is 57.9 Å². The summed E-state index contributed by atoms with van der Waals surface area (Å²) in [4.78, 5) is 11.8. The largest absolute Gasteiger partial charge is 0.490 e. The fourth-order valence-corrected chi connectivity index (χ4v) is 2.63. The SMILES string of the molecule is NS(=O)(=O)c1ccc(OCCOC(=O)c2cccc(Br)c2)cc1. The van der Waals surface area contributed by atoms with Gasteiger partial charge in [0.15, 0.2) is 0 Å². The molecule has 0 saturated carbocycles. The number of sulfonamides is 1. The van der Waals surface area contributed by atoms with E-state index >= 15 is 0 Å². The molecule has 0 atom stereocenters. The van der Waals surface area contributed by atoms with E-state index in [4.69, 9.17) is 14.6 Å². The predicted molar refractivity (Wildman–Crippen MR) is 87.7 cm³/mol. The zero-order valence-electron chi connectivity index (χ0n) is 11.9. The molecule has 0 radical (unpaired) electrons. The second-order valence-electron chi connectivity index (χ2n) is 4.51. The van der Waals surface area contributed by atoms with E-state index < -0.39 is 16.0 Å². The van der Waals surface area contributed by atoms with Gasteiger partial charge in [0.2, 0.25) is 10.0 Å². The van der Waals surface area contributed by atoms with Crippen molar-refractivity contribution >= 4 is 31.9 Å². The van der Waals surface area contributed by atoms with Gasteiger partial charge in [0.05, 0.1) is 10.5 Å². The zero-order chi connectivity index (χ0) is 16.9. The minimum Gasteiger partial charge on any atom is -0.490 e. The molecule has 0 aromatic heterocycles. The van der Waals surface area contributed by atoms with E-state index in [1.807, 2.05) is 6.07 Å². The average molecular weight is 400 g/mol. The number of carbonyl (C=O) groups is 1. The Balaban J connectivity index is 1.80. The smallest absolute Gasteiger partial charge is 0.338 e. The van der Waals surface area contributed by atoms with Gasteiger partial charge in [-0.3, -0.25) is 0 Å². The molecule has 122 valence electrons. The number of rotatable bonds is 6. The van der Waals surface area contributed by atoms with E-state index in [1.165, 1.54) is 24.3 Å². The first-order chi connectivity index (χ1) is 10.9. The summed E-state index contributed by atoms with van der Waals surface area (Å²) >= 11 is 3.28. The predicted octanol–water partition coefficient (Wildman–Crippen LogP) is 2.33. The van der Waals surface area contributed by atoms with Crippen LogP contribution in [0.4, 0.5) is 0 Å². The molecular weight excluding hydrogens is 386 g/mol. The van der Waals surface area contributed by atoms with E-state index in [1.54, 1.807) is 18.2 Å². The quantitative estimate of drug-likeness (QED) is 0.593. The molecule has 0 amide bonds. The summed E-state index contributed by atoms with van der Waals surface area (Å²) in [6.07, 6.45) is 0. The Bertz CT molecular complexity index is 790. The van der Waals surface area contributed by atoms with Crippen LogP contribution in [-0.4, -0.2) is 27.6 Å². The topological polar surface area (TPSA) is 95.7 Å². The molecule has 0 fully saturated rings. The van der Waals surface area contributed by atoms with Gasteiger partial charge in [-0.05, 0) is 42.5 Å². The maximum Gasteiger partial charge on any atom is 0.338 e. The Morgan fingerprint density at radius 2 is 1.78 bits per heavy atom. The third-order valence-corrected chi connectivity index (χ3v) is 4.22. The van der Waals surface area contributed by atoms with Gasteiger partial charge in [-0.2, -0.15) is 0 Å². The van der Waals surface area contributed by atoms with Crippen LogP contribution in [0.3, 0.4) is 0 Å². The zero-order valence-corrected chi connectivity index (χ0v) is 14.3. The number of hydrogen-bond acceptors (Lipinski definition) is 5. The van der Waals surface area contributed by atoms with Crippen LogP contribution in [0.25, 0.3) is 0 Å². The van der Waals surface area contributed by atoms with Crippen molar-refractivity contribution in [1.29, 1.82) is 0 Å². The van der Waals surface area contributed by atoms with Gasteiger partial charge >= 0.3 is 5.97 Å². The maximum atomic E-state index is 11.8. The van der Waals surface area contributed by atoms with Crippen molar-refractivity contribution in [2.75, 3.05) is 13.2 Å². The Morgan fingerprint density at radius 3 is 2.39 bits per heavy atom.